The van der Waals surface area contributed by atoms with Gasteiger partial charge in [-0.2, -0.15) is 0 Å². The maximum absolute atomic E-state index is 6.20. The van der Waals surface area contributed by atoms with Crippen LogP contribution in [0.3, 0.4) is 0 Å². The minimum absolute atomic E-state index is 0.660. The Morgan fingerprint density at radius 3 is 2.19 bits per heavy atom. The molecule has 4 atom stereocenters. The van der Waals surface area contributed by atoms with E-state index in [4.69, 9.17) is 8.85 Å². The summed E-state index contributed by atoms with van der Waals surface area (Å²) in [6.07, 6.45) is 11.2. The first-order valence-electron chi connectivity index (χ1n) is 9.06. The minimum atomic E-state index is -2.22. The number of rotatable bonds is 4. The molecule has 2 saturated carbocycles. The van der Waals surface area contributed by atoms with Gasteiger partial charge >= 0.3 is 8.72 Å². The first kappa shape index (κ1) is 16.0. The van der Waals surface area contributed by atoms with E-state index in [1.807, 2.05) is 14.2 Å². The molecule has 3 aliphatic rings. The molecule has 21 heavy (non-hydrogen) atoms. The predicted octanol–water partition coefficient (Wildman–Crippen LogP) is 3.92. The monoisotopic (exact) mass is 311 g/mol. The Kier molecular flexibility index (Phi) is 5.09. The fourth-order valence-electron chi connectivity index (χ4n) is 5.45. The van der Waals surface area contributed by atoms with Crippen molar-refractivity contribution in [2.75, 3.05) is 27.3 Å². The maximum atomic E-state index is 6.20. The van der Waals surface area contributed by atoms with Crippen LogP contribution in [-0.4, -0.2) is 40.6 Å². The minimum Gasteiger partial charge on any atom is -0.386 e. The molecule has 0 spiro atoms. The van der Waals surface area contributed by atoms with Gasteiger partial charge in [-0.25, -0.2) is 0 Å². The van der Waals surface area contributed by atoms with Gasteiger partial charge in [-0.05, 0) is 50.1 Å². The van der Waals surface area contributed by atoms with Gasteiger partial charge in [-0.15, -0.1) is 0 Å². The van der Waals surface area contributed by atoms with Crippen LogP contribution >= 0.6 is 0 Å². The average Bonchev–Trinajstić information content (AvgIpc) is 2.96. The lowest BCUT2D eigenvalue weighted by atomic mass is 9.76. The van der Waals surface area contributed by atoms with Crippen molar-refractivity contribution in [3.05, 3.63) is 0 Å². The van der Waals surface area contributed by atoms with Crippen LogP contribution in [0.2, 0.25) is 5.54 Å². The van der Waals surface area contributed by atoms with Crippen molar-refractivity contribution in [3.63, 3.8) is 0 Å². The van der Waals surface area contributed by atoms with Gasteiger partial charge in [0.25, 0.3) is 0 Å². The molecule has 0 aromatic rings. The molecule has 3 nitrogen and oxygen atoms in total. The molecule has 0 N–H and O–H groups in total. The van der Waals surface area contributed by atoms with Gasteiger partial charge in [0.05, 0.1) is 0 Å². The summed E-state index contributed by atoms with van der Waals surface area (Å²) in [5.41, 5.74) is 0.660. The van der Waals surface area contributed by atoms with Crippen molar-refractivity contribution >= 4 is 8.72 Å². The predicted molar refractivity (Wildman–Crippen MR) is 88.2 cm³/mol. The van der Waals surface area contributed by atoms with Gasteiger partial charge in [0.1, 0.15) is 0 Å². The Balaban J connectivity index is 1.77. The summed E-state index contributed by atoms with van der Waals surface area (Å²) in [6, 6.07) is 0. The second kappa shape index (κ2) is 6.69. The summed E-state index contributed by atoms with van der Waals surface area (Å²) in [6.45, 7) is 4.85. The normalized spacial score (nSPS) is 38.4. The number of piperidine rings is 1. The molecule has 3 fully saturated rings. The molecule has 0 aromatic carbocycles. The van der Waals surface area contributed by atoms with E-state index < -0.39 is 8.72 Å². The van der Waals surface area contributed by atoms with E-state index in [1.54, 1.807) is 0 Å². The Morgan fingerprint density at radius 2 is 1.57 bits per heavy atom. The Labute approximate surface area is 131 Å². The highest BCUT2D eigenvalue weighted by molar-refractivity contribution is 6.66. The fraction of sp³-hybridized carbons (Fsp3) is 1.00. The zero-order valence-electron chi connectivity index (χ0n) is 14.1. The van der Waals surface area contributed by atoms with Crippen molar-refractivity contribution in [1.82, 2.24) is 4.57 Å². The van der Waals surface area contributed by atoms with Crippen LogP contribution in [0.1, 0.15) is 58.3 Å². The Bertz CT molecular complexity index is 348. The summed E-state index contributed by atoms with van der Waals surface area (Å²) in [5, 5.41) is 0. The summed E-state index contributed by atoms with van der Waals surface area (Å²) in [7, 11) is 1.61. The topological polar surface area (TPSA) is 21.7 Å². The molecule has 3 rings (SSSR count). The second-order valence-corrected chi connectivity index (χ2v) is 11.0. The maximum Gasteiger partial charge on any atom is 0.430 e. The number of hydrogen-bond acceptors (Lipinski definition) is 3. The van der Waals surface area contributed by atoms with E-state index in [1.165, 1.54) is 64.5 Å². The van der Waals surface area contributed by atoms with Crippen LogP contribution in [-0.2, 0) is 8.85 Å². The number of nitrogens with zero attached hydrogens (tertiary/aromatic N) is 1. The molecule has 4 heteroatoms. The van der Waals surface area contributed by atoms with Crippen LogP contribution in [0.15, 0.2) is 0 Å². The third-order valence-corrected chi connectivity index (χ3v) is 10.9. The van der Waals surface area contributed by atoms with Crippen LogP contribution in [0.25, 0.3) is 0 Å². The smallest absolute Gasteiger partial charge is 0.386 e. The molecule has 0 bridgehead atoms. The van der Waals surface area contributed by atoms with Crippen molar-refractivity contribution < 1.29 is 8.85 Å². The lowest BCUT2D eigenvalue weighted by Crippen LogP contribution is -2.64. The van der Waals surface area contributed by atoms with E-state index >= 15 is 0 Å². The largest absolute Gasteiger partial charge is 0.430 e. The van der Waals surface area contributed by atoms with Crippen LogP contribution < -0.4 is 0 Å². The third-order valence-electron chi connectivity index (χ3n) is 6.65. The molecular weight excluding hydrogens is 278 g/mol. The van der Waals surface area contributed by atoms with Crippen LogP contribution in [0.5, 0.6) is 0 Å². The van der Waals surface area contributed by atoms with Gasteiger partial charge < -0.3 is 8.85 Å². The number of fused-ring (bicyclic) bond motifs is 1. The lowest BCUT2D eigenvalue weighted by molar-refractivity contribution is 0.0723. The molecule has 0 amide bonds. The number of hydrogen-bond donors (Lipinski definition) is 0. The lowest BCUT2D eigenvalue weighted by Gasteiger charge is -2.49. The van der Waals surface area contributed by atoms with Crippen molar-refractivity contribution in [2.45, 2.75) is 63.8 Å². The van der Waals surface area contributed by atoms with Crippen molar-refractivity contribution in [2.24, 2.45) is 17.8 Å². The van der Waals surface area contributed by atoms with Gasteiger partial charge in [0.15, 0.2) is 0 Å². The Morgan fingerprint density at radius 1 is 0.857 bits per heavy atom. The molecule has 2 aliphatic carbocycles. The molecule has 0 aromatic heterocycles. The van der Waals surface area contributed by atoms with E-state index in [9.17, 15) is 0 Å². The first-order chi connectivity index (χ1) is 10.2. The molecule has 122 valence electrons. The molecule has 1 heterocycles. The molecule has 1 aliphatic heterocycles. The van der Waals surface area contributed by atoms with Gasteiger partial charge in [0, 0.05) is 19.8 Å². The highest BCUT2D eigenvalue weighted by Gasteiger charge is 2.55. The van der Waals surface area contributed by atoms with Crippen LogP contribution in [0, 0.1) is 17.8 Å². The van der Waals surface area contributed by atoms with E-state index in [-0.39, 0.29) is 0 Å². The Hall–Kier alpha value is 0.0969. The van der Waals surface area contributed by atoms with Gasteiger partial charge in [0.2, 0.25) is 0 Å². The first-order valence-corrected chi connectivity index (χ1v) is 10.9. The zero-order valence-corrected chi connectivity index (χ0v) is 15.1. The zero-order chi connectivity index (χ0) is 14.9. The van der Waals surface area contributed by atoms with Crippen molar-refractivity contribution in [1.29, 1.82) is 0 Å². The van der Waals surface area contributed by atoms with Crippen molar-refractivity contribution in [3.8, 4) is 0 Å². The van der Waals surface area contributed by atoms with E-state index in [0.29, 0.717) is 5.54 Å². The van der Waals surface area contributed by atoms with Gasteiger partial charge in [-0.1, -0.05) is 39.0 Å². The van der Waals surface area contributed by atoms with E-state index in [2.05, 4.69) is 11.5 Å². The van der Waals surface area contributed by atoms with Gasteiger partial charge in [-0.3, -0.25) is 4.57 Å². The molecule has 1 saturated heterocycles. The third kappa shape index (κ3) is 2.85. The molecule has 0 radical (unpaired) electrons. The molecule has 4 unspecified atom stereocenters. The summed E-state index contributed by atoms with van der Waals surface area (Å²) < 4.78 is 15.1. The summed E-state index contributed by atoms with van der Waals surface area (Å²) >= 11 is 0. The standard InChI is InChI=1S/C17H33NO2Si/c1-14-7-6-10-17(14)21(19-2,20-3)18-12-11-15-8-4-5-9-16(15)13-18/h14-17H,4-13H2,1-3H3. The average molecular weight is 312 g/mol. The summed E-state index contributed by atoms with van der Waals surface area (Å²) in [5.74, 6) is 2.65. The fourth-order valence-corrected chi connectivity index (χ4v) is 9.59. The summed E-state index contributed by atoms with van der Waals surface area (Å²) in [4.78, 5) is 0. The molecular formula is C17H33NO2Si. The van der Waals surface area contributed by atoms with E-state index in [0.717, 1.165) is 17.8 Å². The highest BCUT2D eigenvalue weighted by Crippen LogP contribution is 2.47. The highest BCUT2D eigenvalue weighted by atomic mass is 28.4. The quantitative estimate of drug-likeness (QED) is 0.735. The second-order valence-electron chi connectivity index (χ2n) is 7.59. The SMILES string of the molecule is CO[Si](OC)(C1CCCC1C)N1CCC2CCCCC2C1. The van der Waals surface area contributed by atoms with Crippen LogP contribution in [0.4, 0.5) is 0 Å².